The highest BCUT2D eigenvalue weighted by Gasteiger charge is 2.71. The van der Waals surface area contributed by atoms with Crippen LogP contribution in [0.2, 0.25) is 0 Å². The van der Waals surface area contributed by atoms with E-state index < -0.39 is 107 Å². The van der Waals surface area contributed by atoms with Crippen molar-refractivity contribution in [3.8, 4) is 0 Å². The summed E-state index contributed by atoms with van der Waals surface area (Å²) in [6.07, 6.45) is -9.21. The third-order valence-corrected chi connectivity index (χ3v) is 18.2. The number of esters is 2. The molecular weight excluding hydrogens is 833 g/mol. The van der Waals surface area contributed by atoms with Crippen molar-refractivity contribution in [3.63, 3.8) is 0 Å². The Morgan fingerprint density at radius 1 is 0.734 bits per heavy atom. The molecule has 0 spiro atoms. The Hall–Kier alpha value is -2.54. The first-order valence-corrected chi connectivity index (χ1v) is 23.7. The number of carbonyl (C=O) groups excluding carboxylic acids is 3. The summed E-state index contributed by atoms with van der Waals surface area (Å²) in [5.74, 6) is -3.04. The highest BCUT2D eigenvalue weighted by molar-refractivity contribution is 5.95. The van der Waals surface area contributed by atoms with Gasteiger partial charge in [0.1, 0.15) is 36.6 Å². The average Bonchev–Trinajstić information content (AvgIpc) is 3.22. The Balaban J connectivity index is 1.18. The van der Waals surface area contributed by atoms with Crippen LogP contribution in [0.4, 0.5) is 0 Å². The molecule has 0 amide bonds. The number of aliphatic hydroxyl groups is 5. The van der Waals surface area contributed by atoms with Crippen molar-refractivity contribution in [2.45, 2.75) is 200 Å². The molecule has 6 fully saturated rings. The second-order valence-electron chi connectivity index (χ2n) is 22.2. The molecule has 0 aromatic carbocycles. The number of carboxylic acid groups (broad SMARTS) is 1. The van der Waals surface area contributed by atoms with Crippen molar-refractivity contribution in [2.24, 2.45) is 50.2 Å². The first-order chi connectivity index (χ1) is 29.8. The molecule has 64 heavy (non-hydrogen) atoms. The van der Waals surface area contributed by atoms with Gasteiger partial charge in [-0.15, -0.1) is 0 Å². The third-order valence-electron chi connectivity index (χ3n) is 18.2. The Morgan fingerprint density at radius 2 is 1.36 bits per heavy atom. The van der Waals surface area contributed by atoms with Gasteiger partial charge in [-0.1, -0.05) is 60.5 Å². The molecule has 7 rings (SSSR count). The van der Waals surface area contributed by atoms with E-state index >= 15 is 0 Å². The Kier molecular flexibility index (Phi) is 13.5. The molecule has 2 saturated heterocycles. The van der Waals surface area contributed by atoms with Crippen LogP contribution in [0.15, 0.2) is 11.6 Å². The van der Waals surface area contributed by atoms with Gasteiger partial charge in [0.2, 0.25) is 0 Å². The molecule has 2 aliphatic heterocycles. The molecule has 0 bridgehead atoms. The van der Waals surface area contributed by atoms with E-state index in [-0.39, 0.29) is 47.6 Å². The maximum Gasteiger partial charge on any atom is 0.338 e. The maximum atomic E-state index is 15.0. The van der Waals surface area contributed by atoms with E-state index in [4.69, 9.17) is 28.4 Å². The van der Waals surface area contributed by atoms with Crippen LogP contribution in [-0.4, -0.2) is 135 Å². The van der Waals surface area contributed by atoms with Crippen molar-refractivity contribution in [2.75, 3.05) is 13.2 Å². The number of aliphatic hydroxyl groups excluding tert-OH is 5. The predicted molar refractivity (Wildman–Crippen MR) is 227 cm³/mol. The number of fused-ring (bicyclic) bond motifs is 7. The summed E-state index contributed by atoms with van der Waals surface area (Å²) in [5, 5.41) is 65.6. The quantitative estimate of drug-likeness (QED) is 0.0976. The van der Waals surface area contributed by atoms with Gasteiger partial charge in [-0.2, -0.15) is 0 Å². The van der Waals surface area contributed by atoms with E-state index in [0.29, 0.717) is 32.1 Å². The van der Waals surface area contributed by atoms with E-state index in [1.165, 1.54) is 6.92 Å². The lowest BCUT2D eigenvalue weighted by molar-refractivity contribution is -0.371. The highest BCUT2D eigenvalue weighted by Crippen LogP contribution is 2.75. The molecule has 19 unspecified atom stereocenters. The van der Waals surface area contributed by atoms with Crippen molar-refractivity contribution in [1.82, 2.24) is 0 Å². The average molecular weight is 907 g/mol. The normalized spacial score (nSPS) is 48.7. The number of carbonyl (C=O) groups is 4. The van der Waals surface area contributed by atoms with Gasteiger partial charge in [0.25, 0.3) is 0 Å². The van der Waals surface area contributed by atoms with Crippen LogP contribution >= 0.6 is 0 Å². The van der Waals surface area contributed by atoms with Crippen LogP contribution in [0.1, 0.15) is 133 Å². The van der Waals surface area contributed by atoms with Gasteiger partial charge in [0.15, 0.2) is 30.6 Å². The van der Waals surface area contributed by atoms with Crippen LogP contribution in [0.25, 0.3) is 0 Å². The highest BCUT2D eigenvalue weighted by atomic mass is 16.8. The molecule has 4 saturated carbocycles. The minimum atomic E-state index is -1.94. The molecule has 0 radical (unpaired) electrons. The van der Waals surface area contributed by atoms with E-state index in [2.05, 4.69) is 41.5 Å². The first-order valence-electron chi connectivity index (χ1n) is 23.7. The summed E-state index contributed by atoms with van der Waals surface area (Å²) in [4.78, 5) is 53.6. The number of unbranched alkanes of at least 4 members (excludes halogenated alkanes) is 1. The van der Waals surface area contributed by atoms with Crippen molar-refractivity contribution < 1.29 is 78.2 Å². The molecule has 0 aromatic rings. The minimum absolute atomic E-state index is 0.00860. The summed E-state index contributed by atoms with van der Waals surface area (Å²) in [6, 6.07) is 0. The second kappa shape index (κ2) is 17.5. The number of carboxylic acids is 1. The fourth-order valence-electron chi connectivity index (χ4n) is 14.0. The molecule has 0 aromatic heterocycles. The SMILES string of the molecule is CCCCOC(=O)C1OC(OC2CCC3(C)C(CCC4(C)C3C(=O)C=C3C5CC(C)(C(=O)O)CCC5(C)CCC34C)C2(C)C)C(OC2OC(C(=O)OCC)C(O)C(O)C2O)C(O)C1O. The number of aliphatic carboxylic acids is 1. The Labute approximate surface area is 376 Å². The molecule has 362 valence electrons. The zero-order chi connectivity index (χ0) is 47.1. The summed E-state index contributed by atoms with van der Waals surface area (Å²) in [5.41, 5.74) is -1.67. The Morgan fingerprint density at radius 3 is 2.00 bits per heavy atom. The Bertz CT molecular complexity index is 1830. The van der Waals surface area contributed by atoms with Crippen molar-refractivity contribution >= 4 is 23.7 Å². The largest absolute Gasteiger partial charge is 0.481 e. The number of rotatable bonds is 11. The molecule has 6 N–H and O–H groups in total. The monoisotopic (exact) mass is 906 g/mol. The summed E-state index contributed by atoms with van der Waals surface area (Å²) in [6.45, 7) is 18.6. The standard InChI is InChI=1S/C48H74O16/c1-10-12-21-60-39(56)35-31(52)32(53)36(64-40-33(54)29(50)30(51)34(62-40)38(55)59-11-2)41(63-35)61-28-14-15-46(7)27(43(28,3)4)13-16-48(9)37(46)26(49)22-24-25-23-45(6,42(57)58)18-17-44(25,5)19-20-47(24,48)8/h22,25,27-37,40-41,50-54H,10-21,23H2,1-9H3,(H,57,58). The van der Waals surface area contributed by atoms with E-state index in [9.17, 15) is 49.8 Å². The predicted octanol–water partition coefficient (Wildman–Crippen LogP) is 3.98. The molecule has 7 aliphatic rings. The number of hydrogen-bond donors (Lipinski definition) is 6. The first kappa shape index (κ1) is 49.4. The van der Waals surface area contributed by atoms with E-state index in [1.807, 2.05) is 19.9 Å². The second-order valence-corrected chi connectivity index (χ2v) is 22.2. The fraction of sp³-hybridized carbons (Fsp3) is 0.875. The van der Waals surface area contributed by atoms with Crippen LogP contribution in [-0.2, 0) is 47.6 Å². The molecule has 16 heteroatoms. The summed E-state index contributed by atoms with van der Waals surface area (Å²) in [7, 11) is 0. The third kappa shape index (κ3) is 7.79. The maximum absolute atomic E-state index is 15.0. The minimum Gasteiger partial charge on any atom is -0.481 e. The molecular formula is C48H74O16. The van der Waals surface area contributed by atoms with Gasteiger partial charge < -0.3 is 59.1 Å². The van der Waals surface area contributed by atoms with Crippen LogP contribution in [0.5, 0.6) is 0 Å². The van der Waals surface area contributed by atoms with E-state index in [0.717, 1.165) is 44.1 Å². The van der Waals surface area contributed by atoms with Crippen LogP contribution in [0, 0.1) is 50.2 Å². The van der Waals surface area contributed by atoms with E-state index in [1.54, 1.807) is 0 Å². The lowest BCUT2D eigenvalue weighted by atomic mass is 9.33. The van der Waals surface area contributed by atoms with Crippen molar-refractivity contribution in [1.29, 1.82) is 0 Å². The van der Waals surface area contributed by atoms with Gasteiger partial charge in [-0.05, 0) is 123 Å². The number of ether oxygens (including phenoxy) is 6. The molecule has 5 aliphatic carbocycles. The van der Waals surface area contributed by atoms with Crippen LogP contribution < -0.4 is 0 Å². The molecule has 2 heterocycles. The topological polar surface area (TPSA) is 245 Å². The number of ketones is 1. The number of hydrogen-bond acceptors (Lipinski definition) is 15. The summed E-state index contributed by atoms with van der Waals surface area (Å²) >= 11 is 0. The summed E-state index contributed by atoms with van der Waals surface area (Å²) < 4.78 is 35.1. The number of allylic oxidation sites excluding steroid dienone is 2. The van der Waals surface area contributed by atoms with Gasteiger partial charge >= 0.3 is 17.9 Å². The van der Waals surface area contributed by atoms with Crippen molar-refractivity contribution in [3.05, 3.63) is 11.6 Å². The fourth-order valence-corrected chi connectivity index (χ4v) is 14.0. The van der Waals surface area contributed by atoms with Gasteiger partial charge in [0, 0.05) is 5.92 Å². The van der Waals surface area contributed by atoms with Gasteiger partial charge in [-0.25, -0.2) is 9.59 Å². The molecule has 16 nitrogen and oxygen atoms in total. The van der Waals surface area contributed by atoms with Crippen LogP contribution in [0.3, 0.4) is 0 Å². The van der Waals surface area contributed by atoms with Gasteiger partial charge in [0.05, 0.1) is 24.7 Å². The lowest BCUT2D eigenvalue weighted by Gasteiger charge is -2.70. The zero-order valence-electron chi connectivity index (χ0n) is 39.1. The smallest absolute Gasteiger partial charge is 0.338 e. The van der Waals surface area contributed by atoms with Gasteiger partial charge in [-0.3, -0.25) is 9.59 Å². The molecule has 19 atom stereocenters. The lowest BCUT2D eigenvalue weighted by Crippen LogP contribution is -2.68. The zero-order valence-corrected chi connectivity index (χ0v) is 39.1.